The van der Waals surface area contributed by atoms with Crippen molar-refractivity contribution in [1.29, 1.82) is 0 Å². The van der Waals surface area contributed by atoms with Gasteiger partial charge in [0.25, 0.3) is 0 Å². The van der Waals surface area contributed by atoms with Gasteiger partial charge in [0.15, 0.2) is 0 Å². The van der Waals surface area contributed by atoms with Gasteiger partial charge in [-0.1, -0.05) is 22.5 Å². The third kappa shape index (κ3) is 3.34. The van der Waals surface area contributed by atoms with Gasteiger partial charge in [-0.25, -0.2) is 4.79 Å². The first-order chi connectivity index (χ1) is 11.9. The second kappa shape index (κ2) is 6.60. The maximum absolute atomic E-state index is 13.3. The molecule has 0 unspecified atom stereocenters. The predicted molar refractivity (Wildman–Crippen MR) is 100 cm³/mol. The first-order valence-corrected chi connectivity index (χ1v) is 10.4. The summed E-state index contributed by atoms with van der Waals surface area (Å²) in [5.41, 5.74) is -0.0626. The van der Waals surface area contributed by atoms with E-state index in [0.717, 1.165) is 41.5 Å². The topological polar surface area (TPSA) is 52.7 Å². The lowest BCUT2D eigenvalue weighted by Gasteiger charge is -2.57. The lowest BCUT2D eigenvalue weighted by Crippen LogP contribution is -2.59. The molecule has 0 aromatic carbocycles. The van der Waals surface area contributed by atoms with E-state index in [-0.39, 0.29) is 11.4 Å². The molecular weight excluding hydrogens is 382 g/mol. The van der Waals surface area contributed by atoms with Gasteiger partial charge in [0.2, 0.25) is 5.91 Å². The molecular formula is C19H28BrN3O2. The molecule has 5 rings (SSSR count). The Hall–Kier alpha value is -1.04. The van der Waals surface area contributed by atoms with Crippen LogP contribution in [0.4, 0.5) is 4.79 Å². The molecule has 3 amide bonds. The molecule has 0 spiro atoms. The molecule has 6 heteroatoms. The molecule has 138 valence electrons. The van der Waals surface area contributed by atoms with Gasteiger partial charge in [0, 0.05) is 30.7 Å². The van der Waals surface area contributed by atoms with E-state index >= 15 is 0 Å². The quantitative estimate of drug-likeness (QED) is 0.778. The highest BCUT2D eigenvalue weighted by Gasteiger charge is 2.55. The molecule has 25 heavy (non-hydrogen) atoms. The molecule has 4 bridgehead atoms. The third-order valence-electron chi connectivity index (χ3n) is 6.78. The highest BCUT2D eigenvalue weighted by Crippen LogP contribution is 2.60. The van der Waals surface area contributed by atoms with E-state index in [1.54, 1.807) is 4.90 Å². The molecule has 4 aliphatic carbocycles. The summed E-state index contributed by atoms with van der Waals surface area (Å²) >= 11 is 3.25. The number of rotatable bonds is 3. The fourth-order valence-electron chi connectivity index (χ4n) is 6.10. The first kappa shape index (κ1) is 17.4. The standard InChI is InChI=1S/C19H28BrN3O2/c1-13(20)12-21-18(25)23-4-2-22(3-5-23)17(24)19-9-14-6-15(10-19)8-16(7-14)11-19/h14-16H,1-12H2,(H,21,25). The molecule has 0 radical (unpaired) electrons. The van der Waals surface area contributed by atoms with Crippen molar-refractivity contribution < 1.29 is 9.59 Å². The maximum atomic E-state index is 13.3. The number of hydrogen-bond donors (Lipinski definition) is 1. The zero-order valence-corrected chi connectivity index (χ0v) is 16.4. The van der Waals surface area contributed by atoms with Crippen LogP contribution in [-0.4, -0.2) is 54.5 Å². The highest BCUT2D eigenvalue weighted by molar-refractivity contribution is 9.11. The summed E-state index contributed by atoms with van der Waals surface area (Å²) in [7, 11) is 0. The Morgan fingerprint density at radius 2 is 1.44 bits per heavy atom. The maximum Gasteiger partial charge on any atom is 0.317 e. The first-order valence-electron chi connectivity index (χ1n) is 9.60. The van der Waals surface area contributed by atoms with Crippen molar-refractivity contribution in [1.82, 2.24) is 15.1 Å². The Morgan fingerprint density at radius 1 is 0.960 bits per heavy atom. The van der Waals surface area contributed by atoms with Gasteiger partial charge in [-0.3, -0.25) is 4.79 Å². The average Bonchev–Trinajstić information content (AvgIpc) is 2.58. The number of carbonyl (C=O) groups excluding carboxylic acids is 2. The summed E-state index contributed by atoms with van der Waals surface area (Å²) < 4.78 is 0.761. The van der Waals surface area contributed by atoms with Crippen LogP contribution in [0.3, 0.4) is 0 Å². The molecule has 5 fully saturated rings. The highest BCUT2D eigenvalue weighted by atomic mass is 79.9. The lowest BCUT2D eigenvalue weighted by molar-refractivity contribution is -0.159. The molecule has 1 heterocycles. The van der Waals surface area contributed by atoms with Crippen LogP contribution in [0.5, 0.6) is 0 Å². The van der Waals surface area contributed by atoms with Crippen LogP contribution < -0.4 is 5.32 Å². The minimum Gasteiger partial charge on any atom is -0.339 e. The van der Waals surface area contributed by atoms with Crippen LogP contribution in [0.2, 0.25) is 0 Å². The van der Waals surface area contributed by atoms with Gasteiger partial charge in [0.05, 0.1) is 12.0 Å². The average molecular weight is 410 g/mol. The number of nitrogens with zero attached hydrogens (tertiary/aromatic N) is 2. The van der Waals surface area contributed by atoms with Crippen molar-refractivity contribution in [2.24, 2.45) is 23.2 Å². The number of hydrogen-bond acceptors (Lipinski definition) is 2. The Balaban J connectivity index is 1.34. The predicted octanol–water partition coefficient (Wildman–Crippen LogP) is 2.97. The lowest BCUT2D eigenvalue weighted by atomic mass is 9.49. The number of urea groups is 1. The van der Waals surface area contributed by atoms with Crippen LogP contribution in [0.15, 0.2) is 11.1 Å². The van der Waals surface area contributed by atoms with Crippen molar-refractivity contribution in [3.63, 3.8) is 0 Å². The zero-order chi connectivity index (χ0) is 17.6. The van der Waals surface area contributed by atoms with Crippen molar-refractivity contribution in [2.75, 3.05) is 32.7 Å². The van der Waals surface area contributed by atoms with Gasteiger partial charge in [0.1, 0.15) is 0 Å². The van der Waals surface area contributed by atoms with Gasteiger partial charge in [-0.05, 0) is 56.3 Å². The fourth-order valence-corrected chi connectivity index (χ4v) is 6.24. The molecule has 0 atom stereocenters. The molecule has 0 aromatic heterocycles. The van der Waals surface area contributed by atoms with E-state index in [2.05, 4.69) is 27.8 Å². The summed E-state index contributed by atoms with van der Waals surface area (Å²) in [6.07, 6.45) is 7.43. The van der Waals surface area contributed by atoms with E-state index in [9.17, 15) is 9.59 Å². The minimum atomic E-state index is -0.0671. The summed E-state index contributed by atoms with van der Waals surface area (Å²) in [4.78, 5) is 29.3. The SMILES string of the molecule is C=C(Br)CNC(=O)N1CCN(C(=O)C23CC4CC(CC(C4)C2)C3)CC1. The van der Waals surface area contributed by atoms with Crippen molar-refractivity contribution in [3.8, 4) is 0 Å². The summed E-state index contributed by atoms with van der Waals surface area (Å²) in [5, 5.41) is 2.84. The second-order valence-corrected chi connectivity index (χ2v) is 9.77. The Labute approximate surface area is 158 Å². The van der Waals surface area contributed by atoms with Crippen molar-refractivity contribution in [2.45, 2.75) is 38.5 Å². The van der Waals surface area contributed by atoms with E-state index in [1.165, 1.54) is 19.3 Å². The molecule has 0 aromatic rings. The minimum absolute atomic E-state index is 0.0626. The molecule has 1 N–H and O–H groups in total. The van der Waals surface area contributed by atoms with Gasteiger partial charge in [-0.15, -0.1) is 0 Å². The zero-order valence-electron chi connectivity index (χ0n) is 14.8. The number of amides is 3. The van der Waals surface area contributed by atoms with Crippen LogP contribution >= 0.6 is 15.9 Å². The molecule has 4 saturated carbocycles. The van der Waals surface area contributed by atoms with E-state index in [1.807, 2.05) is 4.90 Å². The van der Waals surface area contributed by atoms with Crippen molar-refractivity contribution in [3.05, 3.63) is 11.1 Å². The summed E-state index contributed by atoms with van der Waals surface area (Å²) in [6.45, 7) is 6.75. The van der Waals surface area contributed by atoms with Gasteiger partial charge < -0.3 is 15.1 Å². The van der Waals surface area contributed by atoms with E-state index in [0.29, 0.717) is 38.6 Å². The third-order valence-corrected chi connectivity index (χ3v) is 7.06. The number of nitrogens with one attached hydrogen (secondary N) is 1. The molecule has 1 saturated heterocycles. The van der Waals surface area contributed by atoms with Crippen LogP contribution in [0.1, 0.15) is 38.5 Å². The number of piperazine rings is 1. The number of carbonyl (C=O) groups is 2. The van der Waals surface area contributed by atoms with E-state index < -0.39 is 0 Å². The van der Waals surface area contributed by atoms with E-state index in [4.69, 9.17) is 0 Å². The van der Waals surface area contributed by atoms with Crippen molar-refractivity contribution >= 4 is 27.9 Å². The second-order valence-electron chi connectivity index (χ2n) is 8.65. The monoisotopic (exact) mass is 409 g/mol. The van der Waals surface area contributed by atoms with Crippen LogP contribution in [-0.2, 0) is 4.79 Å². The smallest absolute Gasteiger partial charge is 0.317 e. The molecule has 5 nitrogen and oxygen atoms in total. The van der Waals surface area contributed by atoms with Gasteiger partial charge in [-0.2, -0.15) is 0 Å². The Morgan fingerprint density at radius 3 is 1.92 bits per heavy atom. The number of halogens is 1. The summed E-state index contributed by atoms with van der Waals surface area (Å²) in [6, 6.07) is -0.0671. The molecule has 5 aliphatic rings. The normalized spacial score (nSPS) is 36.4. The summed E-state index contributed by atoms with van der Waals surface area (Å²) in [5.74, 6) is 2.76. The van der Waals surface area contributed by atoms with Crippen LogP contribution in [0, 0.1) is 23.2 Å². The Kier molecular flexibility index (Phi) is 4.59. The Bertz CT molecular complexity index is 548. The molecule has 1 aliphatic heterocycles. The fraction of sp³-hybridized carbons (Fsp3) is 0.789. The van der Waals surface area contributed by atoms with Gasteiger partial charge >= 0.3 is 6.03 Å². The van der Waals surface area contributed by atoms with Crippen LogP contribution in [0.25, 0.3) is 0 Å². The largest absolute Gasteiger partial charge is 0.339 e.